The number of aromatic nitrogens is 2. The normalized spacial score (nSPS) is 12.1. The predicted molar refractivity (Wildman–Crippen MR) is 79.7 cm³/mol. The first-order valence-corrected chi connectivity index (χ1v) is 6.94. The van der Waals surface area contributed by atoms with Crippen LogP contribution in [-0.2, 0) is 16.0 Å². The number of fused-ring (bicyclic) bond motifs is 1. The van der Waals surface area contributed by atoms with Gasteiger partial charge in [-0.1, -0.05) is 12.1 Å². The number of benzene rings is 1. The van der Waals surface area contributed by atoms with Gasteiger partial charge in [0.2, 0.25) is 0 Å². The number of rotatable bonds is 3. The van der Waals surface area contributed by atoms with Gasteiger partial charge in [0.1, 0.15) is 5.60 Å². The maximum atomic E-state index is 11.9. The summed E-state index contributed by atoms with van der Waals surface area (Å²) in [6, 6.07) is 6.27. The largest absolute Gasteiger partial charge is 0.460 e. The van der Waals surface area contributed by atoms with E-state index in [9.17, 15) is 4.79 Å². The highest BCUT2D eigenvalue weighted by molar-refractivity contribution is 5.81. The first kappa shape index (κ1) is 14.6. The molecule has 0 spiro atoms. The Kier molecular flexibility index (Phi) is 3.84. The van der Waals surface area contributed by atoms with Crippen LogP contribution in [0.5, 0.6) is 0 Å². The second-order valence-corrected chi connectivity index (χ2v) is 6.34. The maximum Gasteiger partial charge on any atom is 0.310 e. The van der Waals surface area contributed by atoms with Gasteiger partial charge in [0, 0.05) is 11.4 Å². The van der Waals surface area contributed by atoms with E-state index in [1.54, 1.807) is 0 Å². The van der Waals surface area contributed by atoms with Crippen LogP contribution < -0.4 is 0 Å². The van der Waals surface area contributed by atoms with Crippen LogP contribution >= 0.6 is 0 Å². The van der Waals surface area contributed by atoms with Gasteiger partial charge in [0.15, 0.2) is 0 Å². The molecule has 0 aliphatic heterocycles. The molecule has 0 aliphatic rings. The Morgan fingerprint density at radius 2 is 2.05 bits per heavy atom. The number of esters is 1. The summed E-state index contributed by atoms with van der Waals surface area (Å²) in [7, 11) is 0. The number of nitrogens with zero attached hydrogens (tertiary/aromatic N) is 2. The molecule has 0 amide bonds. The van der Waals surface area contributed by atoms with E-state index in [1.807, 2.05) is 49.8 Å². The summed E-state index contributed by atoms with van der Waals surface area (Å²) in [5, 5.41) is 5.46. The molecule has 2 rings (SSSR count). The van der Waals surface area contributed by atoms with Crippen molar-refractivity contribution in [1.82, 2.24) is 9.78 Å². The van der Waals surface area contributed by atoms with Crippen molar-refractivity contribution in [3.8, 4) is 0 Å². The van der Waals surface area contributed by atoms with Crippen LogP contribution in [0.4, 0.5) is 0 Å². The summed E-state index contributed by atoms with van der Waals surface area (Å²) in [6.45, 7) is 9.81. The van der Waals surface area contributed by atoms with E-state index in [-0.39, 0.29) is 12.4 Å². The number of carbonyl (C=O) groups excluding carboxylic acids is 1. The molecule has 0 bridgehead atoms. The Bertz CT molecular complexity index is 621. The van der Waals surface area contributed by atoms with Crippen molar-refractivity contribution in [3.63, 3.8) is 0 Å². The fourth-order valence-corrected chi connectivity index (χ4v) is 2.15. The van der Waals surface area contributed by atoms with Crippen molar-refractivity contribution < 1.29 is 9.53 Å². The van der Waals surface area contributed by atoms with Crippen molar-refractivity contribution in [2.75, 3.05) is 0 Å². The molecule has 0 fully saturated rings. The zero-order valence-electron chi connectivity index (χ0n) is 12.8. The molecular formula is C16H22N2O2. The average molecular weight is 274 g/mol. The van der Waals surface area contributed by atoms with Gasteiger partial charge in [0.25, 0.3) is 0 Å². The van der Waals surface area contributed by atoms with Crippen molar-refractivity contribution in [3.05, 3.63) is 30.0 Å². The van der Waals surface area contributed by atoms with Crippen LogP contribution in [0.25, 0.3) is 10.9 Å². The van der Waals surface area contributed by atoms with Gasteiger partial charge >= 0.3 is 5.97 Å². The van der Waals surface area contributed by atoms with E-state index in [1.165, 1.54) is 0 Å². The molecule has 0 saturated carbocycles. The zero-order valence-corrected chi connectivity index (χ0v) is 12.8. The highest BCUT2D eigenvalue weighted by Gasteiger charge is 2.17. The molecule has 108 valence electrons. The lowest BCUT2D eigenvalue weighted by molar-refractivity contribution is -0.153. The smallest absolute Gasteiger partial charge is 0.310 e. The first-order chi connectivity index (χ1) is 9.26. The summed E-state index contributed by atoms with van der Waals surface area (Å²) in [6.07, 6.45) is 2.14. The summed E-state index contributed by atoms with van der Waals surface area (Å²) in [5.74, 6) is -0.201. The Labute approximate surface area is 119 Å². The average Bonchev–Trinajstić information content (AvgIpc) is 2.69. The molecule has 4 heteroatoms. The lowest BCUT2D eigenvalue weighted by atomic mass is 10.1. The molecule has 1 aromatic carbocycles. The minimum atomic E-state index is -0.444. The van der Waals surface area contributed by atoms with Crippen molar-refractivity contribution in [2.24, 2.45) is 0 Å². The Hall–Kier alpha value is -1.84. The molecule has 0 N–H and O–H groups in total. The second-order valence-electron chi connectivity index (χ2n) is 6.34. The lowest BCUT2D eigenvalue weighted by Crippen LogP contribution is -2.24. The minimum absolute atomic E-state index is 0.201. The van der Waals surface area contributed by atoms with Crippen LogP contribution in [-0.4, -0.2) is 21.4 Å². The Morgan fingerprint density at radius 1 is 1.35 bits per heavy atom. The molecule has 20 heavy (non-hydrogen) atoms. The second kappa shape index (κ2) is 5.27. The summed E-state index contributed by atoms with van der Waals surface area (Å²) in [4.78, 5) is 11.9. The Balaban J connectivity index is 2.23. The zero-order chi connectivity index (χ0) is 14.9. The van der Waals surface area contributed by atoms with Gasteiger partial charge in [-0.2, -0.15) is 5.10 Å². The number of carbonyl (C=O) groups is 1. The van der Waals surface area contributed by atoms with E-state index >= 15 is 0 Å². The van der Waals surface area contributed by atoms with E-state index in [2.05, 4.69) is 18.9 Å². The third kappa shape index (κ3) is 3.38. The molecule has 0 aliphatic carbocycles. The fourth-order valence-electron chi connectivity index (χ4n) is 2.15. The SMILES string of the molecule is CC(C)n1ncc2ccc(CC(=O)OC(C)(C)C)cc21. The summed E-state index contributed by atoms with van der Waals surface area (Å²) < 4.78 is 7.32. The van der Waals surface area contributed by atoms with Gasteiger partial charge < -0.3 is 4.74 Å². The van der Waals surface area contributed by atoms with Crippen LogP contribution in [0, 0.1) is 0 Å². The molecule has 4 nitrogen and oxygen atoms in total. The number of ether oxygens (including phenoxy) is 1. The third-order valence-electron chi connectivity index (χ3n) is 2.92. The van der Waals surface area contributed by atoms with Crippen LogP contribution in [0.15, 0.2) is 24.4 Å². The summed E-state index contributed by atoms with van der Waals surface area (Å²) >= 11 is 0. The summed E-state index contributed by atoms with van der Waals surface area (Å²) in [5.41, 5.74) is 1.57. The Morgan fingerprint density at radius 3 is 2.65 bits per heavy atom. The monoisotopic (exact) mass is 274 g/mol. The fraction of sp³-hybridized carbons (Fsp3) is 0.500. The molecule has 1 heterocycles. The molecule has 0 saturated heterocycles. The molecule has 0 atom stereocenters. The van der Waals surface area contributed by atoms with E-state index < -0.39 is 5.60 Å². The van der Waals surface area contributed by atoms with Gasteiger partial charge in [-0.3, -0.25) is 9.48 Å². The third-order valence-corrected chi connectivity index (χ3v) is 2.92. The highest BCUT2D eigenvalue weighted by Crippen LogP contribution is 2.20. The van der Waals surface area contributed by atoms with Gasteiger partial charge in [-0.25, -0.2) is 0 Å². The van der Waals surface area contributed by atoms with Gasteiger partial charge in [-0.15, -0.1) is 0 Å². The quantitative estimate of drug-likeness (QED) is 0.805. The number of hydrogen-bond acceptors (Lipinski definition) is 3. The molecular weight excluding hydrogens is 252 g/mol. The van der Waals surface area contributed by atoms with Gasteiger partial charge in [0.05, 0.1) is 18.1 Å². The van der Waals surface area contributed by atoms with Gasteiger partial charge in [-0.05, 0) is 46.2 Å². The van der Waals surface area contributed by atoms with Crippen molar-refractivity contribution in [1.29, 1.82) is 0 Å². The molecule has 0 unspecified atom stereocenters. The molecule has 2 aromatic rings. The molecule has 0 radical (unpaired) electrons. The highest BCUT2D eigenvalue weighted by atomic mass is 16.6. The van der Waals surface area contributed by atoms with E-state index in [0.29, 0.717) is 6.04 Å². The van der Waals surface area contributed by atoms with Crippen LogP contribution in [0.3, 0.4) is 0 Å². The van der Waals surface area contributed by atoms with Crippen molar-refractivity contribution in [2.45, 2.75) is 52.7 Å². The van der Waals surface area contributed by atoms with E-state index in [0.717, 1.165) is 16.5 Å². The van der Waals surface area contributed by atoms with Crippen LogP contribution in [0.2, 0.25) is 0 Å². The number of hydrogen-bond donors (Lipinski definition) is 0. The topological polar surface area (TPSA) is 44.1 Å². The minimum Gasteiger partial charge on any atom is -0.460 e. The lowest BCUT2D eigenvalue weighted by Gasteiger charge is -2.19. The standard InChI is InChI=1S/C16H22N2O2/c1-11(2)18-14-8-12(6-7-13(14)10-17-18)9-15(19)20-16(3,4)5/h6-8,10-11H,9H2,1-5H3. The maximum absolute atomic E-state index is 11.9. The first-order valence-electron chi connectivity index (χ1n) is 6.94. The van der Waals surface area contributed by atoms with Crippen LogP contribution in [0.1, 0.15) is 46.2 Å². The van der Waals surface area contributed by atoms with E-state index in [4.69, 9.17) is 4.74 Å². The van der Waals surface area contributed by atoms with Crippen molar-refractivity contribution >= 4 is 16.9 Å². The molecule has 1 aromatic heterocycles. The predicted octanol–water partition coefficient (Wildman–Crippen LogP) is 3.50.